The number of aliphatic hydroxyl groups excluding tert-OH is 1. The molecule has 3 aliphatic rings. The van der Waals surface area contributed by atoms with Crippen molar-refractivity contribution >= 4 is 40.1 Å². The van der Waals surface area contributed by atoms with Gasteiger partial charge in [-0.3, -0.25) is 14.4 Å². The molecule has 0 saturated carbocycles. The highest BCUT2D eigenvalue weighted by Gasteiger charge is 2.49. The molecule has 16 nitrogen and oxygen atoms in total. The standard InChI is InChI=1S/C39H48N2O14/c1-17-11-10-12-18(2)38(49)40-24-15-26(52-16-27(43)44)28-29(34(24)47)33(46)22(6)36-30(28)37(48)39(8,55-36)53-14-13-25(51-9)19(3)35(54-23(7)42)21(5)32(45)20(4)31(17)41-50/h10-15,17,19-21,25,31-32,35,45-47H,16H2,1-9H3,(H,40,49)(H,43,44)/b11-10+,14-13+,18-12-. The number of carbonyl (C=O) groups is 4. The highest BCUT2D eigenvalue weighted by Crippen LogP contribution is 2.54. The number of benzene rings is 2. The molecule has 2 aromatic rings. The summed E-state index contributed by atoms with van der Waals surface area (Å²) in [6.07, 6.45) is 4.26. The number of nitrogens with one attached hydrogen (secondary N) is 1. The fourth-order valence-corrected chi connectivity index (χ4v) is 7.08. The number of allylic oxidation sites excluding steroid dienone is 2. The summed E-state index contributed by atoms with van der Waals surface area (Å²) in [6.45, 7) is 11.3. The lowest BCUT2D eigenvalue weighted by Gasteiger charge is -2.37. The van der Waals surface area contributed by atoms with Crippen molar-refractivity contribution in [1.82, 2.24) is 0 Å². The number of hydrogen-bond acceptors (Lipinski definition) is 14. The van der Waals surface area contributed by atoms with Gasteiger partial charge in [-0.2, -0.15) is 4.91 Å². The molecule has 5 N–H and O–H groups in total. The van der Waals surface area contributed by atoms with Crippen LogP contribution in [0.1, 0.15) is 64.4 Å². The predicted molar refractivity (Wildman–Crippen MR) is 199 cm³/mol. The predicted octanol–water partition coefficient (Wildman–Crippen LogP) is 5.29. The van der Waals surface area contributed by atoms with Crippen LogP contribution in [0, 0.1) is 35.5 Å². The lowest BCUT2D eigenvalue weighted by molar-refractivity contribution is -0.159. The van der Waals surface area contributed by atoms with Crippen molar-refractivity contribution in [2.75, 3.05) is 19.0 Å². The summed E-state index contributed by atoms with van der Waals surface area (Å²) in [5, 5.41) is 49.2. The minimum Gasteiger partial charge on any atom is -0.507 e. The van der Waals surface area contributed by atoms with E-state index in [1.54, 1.807) is 33.8 Å². The van der Waals surface area contributed by atoms with Gasteiger partial charge in [0.1, 0.15) is 29.4 Å². The average molecular weight is 769 g/mol. The molecular formula is C39H48N2O14. The Balaban J connectivity index is 1.94. The number of phenols is 2. The van der Waals surface area contributed by atoms with E-state index < -0.39 is 95.5 Å². The Kier molecular flexibility index (Phi) is 13.0. The van der Waals surface area contributed by atoms with E-state index in [4.69, 9.17) is 23.7 Å². The number of aliphatic carboxylic acids is 1. The maximum Gasteiger partial charge on any atom is 0.341 e. The molecule has 9 unspecified atom stereocenters. The molecule has 298 valence electrons. The topological polar surface area (TPSA) is 237 Å². The van der Waals surface area contributed by atoms with Crippen LogP contribution in [-0.2, 0) is 28.6 Å². The molecule has 5 bridgehead atoms. The Bertz CT molecular complexity index is 1950. The Morgan fingerprint density at radius 2 is 1.69 bits per heavy atom. The van der Waals surface area contributed by atoms with E-state index in [2.05, 4.69) is 10.5 Å². The number of aromatic hydroxyl groups is 2. The first-order valence-corrected chi connectivity index (χ1v) is 17.6. The van der Waals surface area contributed by atoms with Gasteiger partial charge in [0.15, 0.2) is 12.4 Å². The van der Waals surface area contributed by atoms with Crippen LogP contribution in [0.4, 0.5) is 5.69 Å². The summed E-state index contributed by atoms with van der Waals surface area (Å²) in [5.41, 5.74) is -0.304. The number of nitrogens with zero attached hydrogens (tertiary/aromatic N) is 1. The zero-order valence-electron chi connectivity index (χ0n) is 32.1. The van der Waals surface area contributed by atoms with Crippen molar-refractivity contribution in [1.29, 1.82) is 0 Å². The summed E-state index contributed by atoms with van der Waals surface area (Å²) in [6, 6.07) is 0.186. The number of amides is 1. The van der Waals surface area contributed by atoms with Gasteiger partial charge in [0, 0.05) is 67.2 Å². The van der Waals surface area contributed by atoms with Crippen LogP contribution in [0.5, 0.6) is 23.0 Å². The first kappa shape index (κ1) is 42.3. The number of aliphatic hydroxyl groups is 1. The number of fused-ring (bicyclic) bond motifs is 14. The van der Waals surface area contributed by atoms with E-state index in [-0.39, 0.29) is 44.7 Å². The van der Waals surface area contributed by atoms with E-state index in [9.17, 15) is 44.5 Å². The number of methoxy groups -OCH3 is 1. The van der Waals surface area contributed by atoms with E-state index in [0.717, 1.165) is 12.3 Å². The second-order valence-electron chi connectivity index (χ2n) is 14.2. The van der Waals surface area contributed by atoms with Crippen LogP contribution < -0.4 is 14.8 Å². The van der Waals surface area contributed by atoms with Gasteiger partial charge < -0.3 is 49.4 Å². The summed E-state index contributed by atoms with van der Waals surface area (Å²) >= 11 is 0. The van der Waals surface area contributed by atoms with Gasteiger partial charge in [0.25, 0.3) is 11.7 Å². The first-order chi connectivity index (χ1) is 25.8. The van der Waals surface area contributed by atoms with Crippen molar-refractivity contribution in [3.8, 4) is 23.0 Å². The number of hydrogen-bond donors (Lipinski definition) is 5. The monoisotopic (exact) mass is 768 g/mol. The maximum absolute atomic E-state index is 14.2. The first-order valence-electron chi connectivity index (χ1n) is 17.6. The molecule has 16 heteroatoms. The SMILES string of the molecule is COC1/C=C/OC2(C)Oc3c(C)c(O)c4c(O)c(cc(OCC(=O)O)c4c3C2=O)NC(=O)/C(C)=C\C=C\C(C)C(N=O)C(C)C(O)C(C)C(OC(C)=O)C1C. The number of ether oxygens (including phenoxy) is 5. The van der Waals surface area contributed by atoms with Gasteiger partial charge in [-0.25, -0.2) is 4.79 Å². The molecule has 2 aromatic carbocycles. The number of carboxylic acids is 1. The van der Waals surface area contributed by atoms with Gasteiger partial charge in [-0.1, -0.05) is 51.1 Å². The van der Waals surface area contributed by atoms with Crippen molar-refractivity contribution in [2.45, 2.75) is 85.5 Å². The summed E-state index contributed by atoms with van der Waals surface area (Å²) in [5.74, 6) is -9.76. The fraction of sp³-hybridized carbons (Fsp3) is 0.487. The molecule has 55 heavy (non-hydrogen) atoms. The molecule has 0 aromatic heterocycles. The third kappa shape index (κ3) is 8.44. The largest absolute Gasteiger partial charge is 0.507 e. The summed E-state index contributed by atoms with van der Waals surface area (Å²) < 4.78 is 28.9. The molecule has 0 spiro atoms. The lowest BCUT2D eigenvalue weighted by atomic mass is 9.77. The quantitative estimate of drug-likeness (QED) is 0.143. The fourth-order valence-electron chi connectivity index (χ4n) is 7.08. The Hall–Kier alpha value is -5.48. The van der Waals surface area contributed by atoms with Crippen LogP contribution in [0.2, 0.25) is 0 Å². The molecule has 5 rings (SSSR count). The Morgan fingerprint density at radius 1 is 1.02 bits per heavy atom. The normalized spacial score (nSPS) is 31.1. The van der Waals surface area contributed by atoms with Crippen LogP contribution in [0.15, 0.2) is 47.4 Å². The van der Waals surface area contributed by atoms with Crippen LogP contribution in [0.25, 0.3) is 10.8 Å². The van der Waals surface area contributed by atoms with Gasteiger partial charge >= 0.3 is 17.7 Å². The summed E-state index contributed by atoms with van der Waals surface area (Å²) in [4.78, 5) is 63.6. The minimum absolute atomic E-state index is 0.0217. The van der Waals surface area contributed by atoms with Crippen molar-refractivity contribution in [3.05, 3.63) is 58.2 Å². The molecule has 1 amide bonds. The molecule has 0 fully saturated rings. The van der Waals surface area contributed by atoms with Crippen LogP contribution in [-0.4, -0.2) is 87.9 Å². The van der Waals surface area contributed by atoms with Crippen LogP contribution in [0.3, 0.4) is 0 Å². The number of rotatable bonds is 6. The second kappa shape index (κ2) is 16.9. The summed E-state index contributed by atoms with van der Waals surface area (Å²) in [7, 11) is 1.40. The Morgan fingerprint density at radius 3 is 2.29 bits per heavy atom. The second-order valence-corrected chi connectivity index (χ2v) is 14.2. The Labute approximate surface area is 317 Å². The lowest BCUT2D eigenvalue weighted by Crippen LogP contribution is -2.46. The molecule has 0 saturated heterocycles. The van der Waals surface area contributed by atoms with E-state index in [1.807, 2.05) is 0 Å². The minimum atomic E-state index is -2.07. The molecule has 0 aliphatic carbocycles. The highest BCUT2D eigenvalue weighted by molar-refractivity contribution is 6.21. The number of Topliss-reactive ketones (excluding diaryl/α,β-unsaturated/α-hetero) is 1. The number of carboxylic acid groups (broad SMARTS) is 1. The van der Waals surface area contributed by atoms with Crippen LogP contribution >= 0.6 is 0 Å². The van der Waals surface area contributed by atoms with E-state index in [0.29, 0.717) is 0 Å². The number of carbonyl (C=O) groups excluding carboxylic acids is 3. The van der Waals surface area contributed by atoms with Crippen molar-refractivity contribution in [2.24, 2.45) is 28.8 Å². The van der Waals surface area contributed by atoms with Gasteiger partial charge in [-0.05, 0) is 19.9 Å². The molecular weight excluding hydrogens is 720 g/mol. The third-order valence-corrected chi connectivity index (χ3v) is 10.3. The third-order valence-electron chi connectivity index (χ3n) is 10.3. The van der Waals surface area contributed by atoms with Gasteiger partial charge in [0.05, 0.1) is 35.1 Å². The number of anilines is 1. The molecule has 3 aliphatic heterocycles. The zero-order chi connectivity index (χ0) is 41.1. The molecule has 0 radical (unpaired) electrons. The van der Waals surface area contributed by atoms with Crippen molar-refractivity contribution in [3.63, 3.8) is 0 Å². The number of ketones is 1. The van der Waals surface area contributed by atoms with Gasteiger partial charge in [0.2, 0.25) is 0 Å². The van der Waals surface area contributed by atoms with E-state index >= 15 is 0 Å². The average Bonchev–Trinajstić information content (AvgIpc) is 3.39. The molecule has 9 atom stereocenters. The van der Waals surface area contributed by atoms with Gasteiger partial charge in [-0.15, -0.1) is 0 Å². The highest BCUT2D eigenvalue weighted by atomic mass is 16.7. The van der Waals surface area contributed by atoms with Crippen molar-refractivity contribution < 1.29 is 63.3 Å². The number of esters is 1. The smallest absolute Gasteiger partial charge is 0.341 e. The molecule has 3 heterocycles. The number of phenolic OH excluding ortho intramolecular Hbond substituents is 2. The zero-order valence-corrected chi connectivity index (χ0v) is 32.1. The number of nitroso groups, excluding NO2 is 1. The maximum atomic E-state index is 14.2. The van der Waals surface area contributed by atoms with E-state index in [1.165, 1.54) is 53.0 Å².